The summed E-state index contributed by atoms with van der Waals surface area (Å²) in [6, 6.07) is 3.96. The van der Waals surface area contributed by atoms with Crippen molar-refractivity contribution in [1.82, 2.24) is 0 Å². The number of hydrogen-bond donors (Lipinski definition) is 0. The van der Waals surface area contributed by atoms with E-state index in [1.807, 2.05) is 12.1 Å². The topological polar surface area (TPSA) is 31.0 Å². The van der Waals surface area contributed by atoms with E-state index in [4.69, 9.17) is 14.2 Å². The average Bonchev–Trinajstić information content (AvgIpc) is 2.96. The molecule has 0 N–H and O–H groups in total. The van der Waals surface area contributed by atoms with Crippen molar-refractivity contribution in [1.29, 1.82) is 0 Å². The van der Waals surface area contributed by atoms with Crippen LogP contribution in [0.25, 0.3) is 0 Å². The molecule has 1 aliphatic rings. The summed E-state index contributed by atoms with van der Waals surface area (Å²) in [5.41, 5.74) is 0.953. The van der Waals surface area contributed by atoms with Crippen LogP contribution in [0.4, 0.5) is 0 Å². The van der Waals surface area contributed by atoms with E-state index in [0.717, 1.165) is 22.4 Å². The molecule has 1 aliphatic heterocycles. The lowest BCUT2D eigenvalue weighted by atomic mass is 10.0. The van der Waals surface area contributed by atoms with E-state index in [2.05, 4.69) is 22.9 Å². The molecular weight excluding hydrogens is 260 g/mol. The predicted octanol–water partition coefficient (Wildman–Crippen LogP) is 2.71. The van der Waals surface area contributed by atoms with Gasteiger partial charge < -0.3 is 14.2 Å². The van der Waals surface area contributed by atoms with Crippen LogP contribution in [0.2, 0.25) is 0 Å². The Balaban J connectivity index is 2.48. The Hall–Kier alpha value is -0.740. The van der Waals surface area contributed by atoms with E-state index >= 15 is 0 Å². The van der Waals surface area contributed by atoms with Crippen molar-refractivity contribution >= 4 is 15.9 Å². The fraction of sp³-hybridized carbons (Fsp3) is 0.455. The summed E-state index contributed by atoms with van der Waals surface area (Å²) in [6.07, 6.45) is 0. The zero-order valence-electron chi connectivity index (χ0n) is 8.96. The van der Waals surface area contributed by atoms with E-state index in [1.165, 1.54) is 0 Å². The van der Waals surface area contributed by atoms with Crippen LogP contribution in [0.3, 0.4) is 0 Å². The third-order valence-electron chi connectivity index (χ3n) is 2.62. The summed E-state index contributed by atoms with van der Waals surface area (Å²) in [7, 11) is 3.25. The fourth-order valence-corrected chi connectivity index (χ4v) is 2.10. The van der Waals surface area contributed by atoms with Gasteiger partial charge in [-0.2, -0.15) is 0 Å². The molecule has 1 aromatic carbocycles. The molecule has 0 bridgehead atoms. The van der Waals surface area contributed by atoms with Gasteiger partial charge in [0, 0.05) is 0 Å². The van der Waals surface area contributed by atoms with Gasteiger partial charge in [-0.05, 0) is 40.5 Å². The molecule has 1 atom stereocenters. The number of methoxy groups -OCH3 is 2. The molecule has 0 aromatic heterocycles. The number of rotatable bonds is 3. The molecule has 1 heterocycles. The quantitative estimate of drug-likeness (QED) is 0.793. The van der Waals surface area contributed by atoms with Crippen LogP contribution in [0.1, 0.15) is 12.5 Å². The minimum absolute atomic E-state index is 0.151. The molecule has 2 rings (SSSR count). The standard InChI is InChI=1S/C11H13BrO3/c1-11(6-15-11)7-4-8(12)10(14-3)9(5-7)13-2/h4-5H,6H2,1-3H3. The zero-order valence-corrected chi connectivity index (χ0v) is 10.6. The zero-order chi connectivity index (χ0) is 11.1. The van der Waals surface area contributed by atoms with Crippen LogP contribution >= 0.6 is 15.9 Å². The number of ether oxygens (including phenoxy) is 3. The van der Waals surface area contributed by atoms with Gasteiger partial charge in [0.2, 0.25) is 0 Å². The monoisotopic (exact) mass is 272 g/mol. The molecule has 0 radical (unpaired) electrons. The van der Waals surface area contributed by atoms with Crippen LogP contribution in [0.5, 0.6) is 11.5 Å². The molecular formula is C11H13BrO3. The van der Waals surface area contributed by atoms with Gasteiger partial charge in [-0.3, -0.25) is 0 Å². The first-order chi connectivity index (χ1) is 7.10. The van der Waals surface area contributed by atoms with E-state index in [-0.39, 0.29) is 5.60 Å². The Morgan fingerprint density at radius 1 is 1.33 bits per heavy atom. The van der Waals surface area contributed by atoms with E-state index in [0.29, 0.717) is 5.75 Å². The largest absolute Gasteiger partial charge is 0.493 e. The smallest absolute Gasteiger partial charge is 0.174 e. The van der Waals surface area contributed by atoms with Crippen molar-refractivity contribution in [3.05, 3.63) is 22.2 Å². The minimum atomic E-state index is -0.151. The normalized spacial score (nSPS) is 23.7. The van der Waals surface area contributed by atoms with E-state index < -0.39 is 0 Å². The lowest BCUT2D eigenvalue weighted by Crippen LogP contribution is -2.03. The second-order valence-electron chi connectivity index (χ2n) is 3.71. The lowest BCUT2D eigenvalue weighted by molar-refractivity contribution is 0.324. The Kier molecular flexibility index (Phi) is 2.64. The minimum Gasteiger partial charge on any atom is -0.493 e. The highest BCUT2D eigenvalue weighted by molar-refractivity contribution is 9.10. The van der Waals surface area contributed by atoms with Crippen molar-refractivity contribution in [2.75, 3.05) is 20.8 Å². The predicted molar refractivity (Wildman–Crippen MR) is 60.6 cm³/mol. The Bertz CT molecular complexity index is 386. The molecule has 1 unspecified atom stereocenters. The number of epoxide rings is 1. The van der Waals surface area contributed by atoms with Crippen LogP contribution in [-0.4, -0.2) is 20.8 Å². The van der Waals surface area contributed by atoms with Gasteiger partial charge in [-0.15, -0.1) is 0 Å². The molecule has 1 aromatic rings. The van der Waals surface area contributed by atoms with Crippen LogP contribution in [0, 0.1) is 0 Å². The molecule has 15 heavy (non-hydrogen) atoms. The van der Waals surface area contributed by atoms with Crippen molar-refractivity contribution < 1.29 is 14.2 Å². The third-order valence-corrected chi connectivity index (χ3v) is 3.21. The summed E-state index contributed by atoms with van der Waals surface area (Å²) < 4.78 is 16.8. The molecule has 0 saturated carbocycles. The summed E-state index contributed by atoms with van der Waals surface area (Å²) in [6.45, 7) is 2.82. The van der Waals surface area contributed by atoms with Gasteiger partial charge in [0.15, 0.2) is 11.5 Å². The highest BCUT2D eigenvalue weighted by Gasteiger charge is 2.42. The first-order valence-electron chi connectivity index (χ1n) is 4.66. The third kappa shape index (κ3) is 1.84. The Labute approximate surface area is 97.5 Å². The van der Waals surface area contributed by atoms with Crippen molar-refractivity contribution in [3.8, 4) is 11.5 Å². The van der Waals surface area contributed by atoms with Crippen LogP contribution in [0.15, 0.2) is 16.6 Å². The summed E-state index contributed by atoms with van der Waals surface area (Å²) >= 11 is 3.46. The maximum absolute atomic E-state index is 5.39. The van der Waals surface area contributed by atoms with Crippen molar-refractivity contribution in [3.63, 3.8) is 0 Å². The Morgan fingerprint density at radius 3 is 2.47 bits per heavy atom. The number of halogens is 1. The van der Waals surface area contributed by atoms with Gasteiger partial charge in [0.25, 0.3) is 0 Å². The summed E-state index contributed by atoms with van der Waals surface area (Å²) in [5.74, 6) is 1.43. The van der Waals surface area contributed by atoms with Gasteiger partial charge in [0.1, 0.15) is 5.60 Å². The van der Waals surface area contributed by atoms with E-state index in [1.54, 1.807) is 14.2 Å². The van der Waals surface area contributed by atoms with Gasteiger partial charge in [0.05, 0.1) is 25.3 Å². The summed E-state index contributed by atoms with van der Waals surface area (Å²) in [4.78, 5) is 0. The number of benzene rings is 1. The second-order valence-corrected chi connectivity index (χ2v) is 4.57. The first-order valence-corrected chi connectivity index (χ1v) is 5.46. The maximum atomic E-state index is 5.39. The molecule has 0 aliphatic carbocycles. The lowest BCUT2D eigenvalue weighted by Gasteiger charge is -2.13. The molecule has 3 nitrogen and oxygen atoms in total. The van der Waals surface area contributed by atoms with Crippen molar-refractivity contribution in [2.45, 2.75) is 12.5 Å². The summed E-state index contributed by atoms with van der Waals surface area (Å²) in [5, 5.41) is 0. The second kappa shape index (κ2) is 3.68. The molecule has 82 valence electrons. The average molecular weight is 273 g/mol. The molecule has 0 amide bonds. The molecule has 1 fully saturated rings. The van der Waals surface area contributed by atoms with Crippen molar-refractivity contribution in [2.24, 2.45) is 0 Å². The highest BCUT2D eigenvalue weighted by Crippen LogP contribution is 2.44. The SMILES string of the molecule is COc1cc(C2(C)CO2)cc(Br)c1OC. The molecule has 1 saturated heterocycles. The van der Waals surface area contributed by atoms with Gasteiger partial charge in [-0.1, -0.05) is 0 Å². The maximum Gasteiger partial charge on any atom is 0.174 e. The van der Waals surface area contributed by atoms with Crippen LogP contribution < -0.4 is 9.47 Å². The van der Waals surface area contributed by atoms with E-state index in [9.17, 15) is 0 Å². The Morgan fingerprint density at radius 2 is 2.00 bits per heavy atom. The molecule has 4 heteroatoms. The van der Waals surface area contributed by atoms with Gasteiger partial charge >= 0.3 is 0 Å². The fourth-order valence-electron chi connectivity index (χ4n) is 1.50. The van der Waals surface area contributed by atoms with Crippen LogP contribution in [-0.2, 0) is 10.3 Å². The number of hydrogen-bond acceptors (Lipinski definition) is 3. The highest BCUT2D eigenvalue weighted by atomic mass is 79.9. The first kappa shape index (κ1) is 10.8. The van der Waals surface area contributed by atoms with Gasteiger partial charge in [-0.25, -0.2) is 0 Å². The molecule has 0 spiro atoms.